The smallest absolute Gasteiger partial charge is 0.181 e. The summed E-state index contributed by atoms with van der Waals surface area (Å²) in [6, 6.07) is 7.12. The van der Waals surface area contributed by atoms with Gasteiger partial charge in [0.15, 0.2) is 9.84 Å². The Morgan fingerprint density at radius 3 is 2.41 bits per heavy atom. The first-order chi connectivity index (χ1) is 8.00. The molecule has 2 unspecified atom stereocenters. The summed E-state index contributed by atoms with van der Waals surface area (Å²) in [5.74, 6) is 0. The molecule has 0 radical (unpaired) electrons. The number of hydrogen-bond acceptors (Lipinski definition) is 3. The number of benzene rings is 1. The number of aryl methyl sites for hydroxylation is 1. The van der Waals surface area contributed by atoms with Crippen LogP contribution in [0.3, 0.4) is 0 Å². The lowest BCUT2D eigenvalue weighted by Crippen LogP contribution is -2.35. The molecule has 17 heavy (non-hydrogen) atoms. The first-order valence-electron chi connectivity index (χ1n) is 6.06. The van der Waals surface area contributed by atoms with E-state index in [9.17, 15) is 8.42 Å². The van der Waals surface area contributed by atoms with Crippen molar-refractivity contribution in [3.63, 3.8) is 0 Å². The Hall–Kier alpha value is -0.870. The Morgan fingerprint density at radius 1 is 1.18 bits per heavy atom. The second-order valence-electron chi connectivity index (χ2n) is 4.91. The van der Waals surface area contributed by atoms with Gasteiger partial charge in [0.05, 0.1) is 10.1 Å². The van der Waals surface area contributed by atoms with Crippen molar-refractivity contribution in [3.05, 3.63) is 29.8 Å². The van der Waals surface area contributed by atoms with Crippen LogP contribution < -0.4 is 5.73 Å². The van der Waals surface area contributed by atoms with Crippen LogP contribution in [0.25, 0.3) is 0 Å². The Labute approximate surface area is 103 Å². The van der Waals surface area contributed by atoms with Gasteiger partial charge in [0.1, 0.15) is 0 Å². The SMILES string of the molecule is Cc1ccc(S(=O)(=O)C2CCCC(N)C2)cc1. The Balaban J connectivity index is 2.26. The third kappa shape index (κ3) is 2.69. The highest BCUT2D eigenvalue weighted by Gasteiger charge is 2.31. The number of hydrogen-bond donors (Lipinski definition) is 1. The van der Waals surface area contributed by atoms with Gasteiger partial charge in [-0.3, -0.25) is 0 Å². The Morgan fingerprint density at radius 2 is 1.82 bits per heavy atom. The lowest BCUT2D eigenvalue weighted by Gasteiger charge is -2.26. The zero-order chi connectivity index (χ0) is 12.5. The van der Waals surface area contributed by atoms with Gasteiger partial charge in [0.25, 0.3) is 0 Å². The first kappa shape index (κ1) is 12.6. The van der Waals surface area contributed by atoms with E-state index in [2.05, 4.69) is 0 Å². The summed E-state index contributed by atoms with van der Waals surface area (Å²) in [5.41, 5.74) is 6.93. The van der Waals surface area contributed by atoms with Gasteiger partial charge in [-0.2, -0.15) is 0 Å². The van der Waals surface area contributed by atoms with Crippen LogP contribution in [0.4, 0.5) is 0 Å². The zero-order valence-electron chi connectivity index (χ0n) is 10.1. The highest BCUT2D eigenvalue weighted by molar-refractivity contribution is 7.92. The van der Waals surface area contributed by atoms with Crippen molar-refractivity contribution in [1.29, 1.82) is 0 Å². The van der Waals surface area contributed by atoms with Gasteiger partial charge < -0.3 is 5.73 Å². The van der Waals surface area contributed by atoms with E-state index in [1.165, 1.54) is 0 Å². The van der Waals surface area contributed by atoms with Crippen LogP contribution in [0, 0.1) is 6.92 Å². The summed E-state index contributed by atoms with van der Waals surface area (Å²) in [4.78, 5) is 0.433. The van der Waals surface area contributed by atoms with Crippen LogP contribution in [0.15, 0.2) is 29.2 Å². The molecular weight excluding hydrogens is 234 g/mol. The molecule has 0 aromatic heterocycles. The van der Waals surface area contributed by atoms with Gasteiger partial charge in [-0.1, -0.05) is 24.1 Å². The Kier molecular flexibility index (Phi) is 3.54. The van der Waals surface area contributed by atoms with Gasteiger partial charge in [0, 0.05) is 6.04 Å². The van der Waals surface area contributed by atoms with E-state index in [0.717, 1.165) is 24.8 Å². The summed E-state index contributed by atoms with van der Waals surface area (Å²) in [6.07, 6.45) is 3.19. The average molecular weight is 253 g/mol. The molecule has 2 atom stereocenters. The van der Waals surface area contributed by atoms with Gasteiger partial charge in [-0.15, -0.1) is 0 Å². The fourth-order valence-electron chi connectivity index (χ4n) is 2.38. The molecule has 1 aliphatic rings. The van der Waals surface area contributed by atoms with E-state index in [1.54, 1.807) is 12.1 Å². The fourth-order valence-corrected chi connectivity index (χ4v) is 4.26. The molecule has 0 amide bonds. The minimum atomic E-state index is -3.19. The fraction of sp³-hybridized carbons (Fsp3) is 0.538. The molecule has 1 aromatic rings. The third-order valence-corrected chi connectivity index (χ3v) is 5.69. The maximum atomic E-state index is 12.4. The van der Waals surface area contributed by atoms with Gasteiger partial charge in [0.2, 0.25) is 0 Å². The predicted octanol–water partition coefficient (Wildman–Crippen LogP) is 2.04. The molecule has 1 aromatic carbocycles. The van der Waals surface area contributed by atoms with E-state index in [4.69, 9.17) is 5.73 Å². The molecule has 4 heteroatoms. The average Bonchev–Trinajstić information content (AvgIpc) is 2.29. The van der Waals surface area contributed by atoms with Gasteiger partial charge >= 0.3 is 0 Å². The molecule has 1 saturated carbocycles. The van der Waals surface area contributed by atoms with E-state index < -0.39 is 9.84 Å². The van der Waals surface area contributed by atoms with Crippen LogP contribution >= 0.6 is 0 Å². The van der Waals surface area contributed by atoms with Crippen LogP contribution in [0.2, 0.25) is 0 Å². The summed E-state index contributed by atoms with van der Waals surface area (Å²) < 4.78 is 24.8. The van der Waals surface area contributed by atoms with Crippen molar-refractivity contribution in [2.75, 3.05) is 0 Å². The van der Waals surface area contributed by atoms with Gasteiger partial charge in [-0.25, -0.2) is 8.42 Å². The minimum Gasteiger partial charge on any atom is -0.328 e. The number of rotatable bonds is 2. The topological polar surface area (TPSA) is 60.2 Å². The maximum absolute atomic E-state index is 12.4. The molecule has 1 fully saturated rings. The summed E-state index contributed by atoms with van der Waals surface area (Å²) >= 11 is 0. The molecule has 94 valence electrons. The van der Waals surface area contributed by atoms with E-state index in [0.29, 0.717) is 11.3 Å². The molecule has 0 saturated heterocycles. The lowest BCUT2D eigenvalue weighted by atomic mass is 9.96. The molecule has 0 bridgehead atoms. The maximum Gasteiger partial charge on any atom is 0.181 e. The monoisotopic (exact) mass is 253 g/mol. The molecule has 0 aliphatic heterocycles. The van der Waals surface area contributed by atoms with Crippen LogP contribution in [0.5, 0.6) is 0 Å². The second-order valence-corrected chi connectivity index (χ2v) is 7.13. The van der Waals surface area contributed by atoms with Crippen LogP contribution in [0.1, 0.15) is 31.2 Å². The van der Waals surface area contributed by atoms with Crippen molar-refractivity contribution in [2.45, 2.75) is 48.8 Å². The van der Waals surface area contributed by atoms with Crippen molar-refractivity contribution < 1.29 is 8.42 Å². The minimum absolute atomic E-state index is 0.0361. The van der Waals surface area contributed by atoms with Crippen molar-refractivity contribution in [1.82, 2.24) is 0 Å². The highest BCUT2D eigenvalue weighted by atomic mass is 32.2. The van der Waals surface area contributed by atoms with Crippen LogP contribution in [-0.4, -0.2) is 19.7 Å². The normalized spacial score (nSPS) is 25.8. The van der Waals surface area contributed by atoms with Crippen molar-refractivity contribution in [2.24, 2.45) is 5.73 Å². The van der Waals surface area contributed by atoms with Crippen molar-refractivity contribution in [3.8, 4) is 0 Å². The van der Waals surface area contributed by atoms with Crippen molar-refractivity contribution >= 4 is 9.84 Å². The second kappa shape index (κ2) is 4.78. The van der Waals surface area contributed by atoms with Crippen LogP contribution in [-0.2, 0) is 9.84 Å². The van der Waals surface area contributed by atoms with Gasteiger partial charge in [-0.05, 0) is 38.3 Å². The number of sulfone groups is 1. The molecule has 2 N–H and O–H groups in total. The predicted molar refractivity (Wildman–Crippen MR) is 68.6 cm³/mol. The molecule has 0 spiro atoms. The largest absolute Gasteiger partial charge is 0.328 e. The lowest BCUT2D eigenvalue weighted by molar-refractivity contribution is 0.433. The van der Waals surface area contributed by atoms with E-state index >= 15 is 0 Å². The summed E-state index contributed by atoms with van der Waals surface area (Å²) in [7, 11) is -3.19. The molecule has 2 rings (SSSR count). The first-order valence-corrected chi connectivity index (χ1v) is 7.61. The number of nitrogens with two attached hydrogens (primary N) is 1. The third-order valence-electron chi connectivity index (χ3n) is 3.46. The standard InChI is InChI=1S/C13H19NO2S/c1-10-5-7-12(8-6-10)17(15,16)13-4-2-3-11(14)9-13/h5-8,11,13H,2-4,9,14H2,1H3. The zero-order valence-corrected chi connectivity index (χ0v) is 10.9. The molecule has 1 aliphatic carbocycles. The van der Waals surface area contributed by atoms with E-state index in [-0.39, 0.29) is 11.3 Å². The molecule has 0 heterocycles. The Bertz CT molecular complexity index is 479. The quantitative estimate of drug-likeness (QED) is 0.877. The van der Waals surface area contributed by atoms with E-state index in [1.807, 2.05) is 19.1 Å². The highest BCUT2D eigenvalue weighted by Crippen LogP contribution is 2.28. The molecule has 3 nitrogen and oxygen atoms in total. The molecular formula is C13H19NO2S. The summed E-state index contributed by atoms with van der Waals surface area (Å²) in [6.45, 7) is 1.95. The summed E-state index contributed by atoms with van der Waals surface area (Å²) in [5, 5.41) is -0.297.